The Morgan fingerprint density at radius 3 is 2.64 bits per heavy atom. The normalized spacial score (nSPS) is 11.0. The van der Waals surface area contributed by atoms with E-state index < -0.39 is 6.61 Å². The van der Waals surface area contributed by atoms with Crippen LogP contribution < -0.4 is 15.5 Å². The van der Waals surface area contributed by atoms with Gasteiger partial charge in [0.05, 0.1) is 18.3 Å². The fourth-order valence-corrected chi connectivity index (χ4v) is 2.82. The van der Waals surface area contributed by atoms with Crippen LogP contribution in [-0.2, 0) is 17.8 Å². The molecule has 8 heteroatoms. The van der Waals surface area contributed by atoms with Gasteiger partial charge in [-0.25, -0.2) is 0 Å². The van der Waals surface area contributed by atoms with Crippen LogP contribution in [0.15, 0.2) is 59.5 Å². The van der Waals surface area contributed by atoms with Crippen molar-refractivity contribution < 1.29 is 18.3 Å². The first-order valence-electron chi connectivity index (χ1n) is 8.78. The van der Waals surface area contributed by atoms with Gasteiger partial charge in [-0.3, -0.25) is 14.3 Å². The summed E-state index contributed by atoms with van der Waals surface area (Å²) in [6.45, 7) is -2.07. The van der Waals surface area contributed by atoms with Crippen molar-refractivity contribution >= 4 is 16.8 Å². The molecule has 1 heterocycles. The Hall–Kier alpha value is -3.29. The van der Waals surface area contributed by atoms with Gasteiger partial charge in [0.1, 0.15) is 5.75 Å². The Balaban J connectivity index is 1.48. The first kappa shape index (κ1) is 19.5. The molecule has 1 amide bonds. The van der Waals surface area contributed by atoms with Crippen molar-refractivity contribution in [3.05, 3.63) is 70.5 Å². The Kier molecular flexibility index (Phi) is 6.31. The molecule has 6 nitrogen and oxygen atoms in total. The second-order valence-electron chi connectivity index (χ2n) is 6.12. The van der Waals surface area contributed by atoms with E-state index in [-0.39, 0.29) is 23.5 Å². The third-order valence-electron chi connectivity index (χ3n) is 4.20. The number of nitrogens with one attached hydrogen (secondary N) is 1. The van der Waals surface area contributed by atoms with Crippen molar-refractivity contribution in [1.82, 2.24) is 15.1 Å². The van der Waals surface area contributed by atoms with Crippen LogP contribution in [0.5, 0.6) is 5.75 Å². The molecule has 0 aliphatic heterocycles. The minimum absolute atomic E-state index is 0.101. The number of aryl methyl sites for hydroxylation is 1. The maximum atomic E-state index is 12.1. The van der Waals surface area contributed by atoms with E-state index in [1.54, 1.807) is 35.0 Å². The molecule has 0 unspecified atom stereocenters. The zero-order valence-corrected chi connectivity index (χ0v) is 15.0. The molecule has 0 saturated heterocycles. The number of aromatic nitrogens is 2. The second-order valence-corrected chi connectivity index (χ2v) is 6.12. The Labute approximate surface area is 159 Å². The quantitative estimate of drug-likeness (QED) is 0.645. The highest BCUT2D eigenvalue weighted by atomic mass is 19.3. The van der Waals surface area contributed by atoms with E-state index in [1.165, 1.54) is 18.3 Å². The lowest BCUT2D eigenvalue weighted by Gasteiger charge is -2.10. The maximum Gasteiger partial charge on any atom is 0.387 e. The lowest BCUT2D eigenvalue weighted by atomic mass is 10.1. The van der Waals surface area contributed by atoms with Gasteiger partial charge >= 0.3 is 6.61 Å². The molecule has 0 radical (unpaired) electrons. The number of para-hydroxylation sites is 1. The molecule has 3 rings (SSSR count). The van der Waals surface area contributed by atoms with Crippen LogP contribution in [0.2, 0.25) is 0 Å². The molecule has 2 aromatic carbocycles. The molecular weight excluding hydrogens is 368 g/mol. The molecule has 0 atom stereocenters. The van der Waals surface area contributed by atoms with Crippen LogP contribution in [0, 0.1) is 0 Å². The van der Waals surface area contributed by atoms with Gasteiger partial charge in [-0.05, 0) is 36.2 Å². The van der Waals surface area contributed by atoms with E-state index in [2.05, 4.69) is 15.2 Å². The lowest BCUT2D eigenvalue weighted by molar-refractivity contribution is -0.121. The molecule has 28 heavy (non-hydrogen) atoms. The van der Waals surface area contributed by atoms with Crippen LogP contribution >= 0.6 is 0 Å². The number of fused-ring (bicyclic) bond motifs is 1. The fourth-order valence-electron chi connectivity index (χ4n) is 2.82. The van der Waals surface area contributed by atoms with Crippen molar-refractivity contribution in [2.24, 2.45) is 0 Å². The Morgan fingerprint density at radius 2 is 1.89 bits per heavy atom. The van der Waals surface area contributed by atoms with Crippen LogP contribution in [0.1, 0.15) is 12.0 Å². The van der Waals surface area contributed by atoms with Gasteiger partial charge in [0.2, 0.25) is 11.3 Å². The molecule has 0 bridgehead atoms. The number of alkyl halides is 2. The summed E-state index contributed by atoms with van der Waals surface area (Å²) in [6.07, 6.45) is 2.04. The van der Waals surface area contributed by atoms with E-state index in [9.17, 15) is 18.4 Å². The average Bonchev–Trinajstić information content (AvgIpc) is 2.69. The van der Waals surface area contributed by atoms with Crippen LogP contribution in [0.25, 0.3) is 10.9 Å². The minimum Gasteiger partial charge on any atom is -0.435 e. The third-order valence-corrected chi connectivity index (χ3v) is 4.20. The fraction of sp³-hybridized carbons (Fsp3) is 0.250. The predicted octanol–water partition coefficient (Wildman–Crippen LogP) is 2.75. The number of carbonyl (C=O) groups is 1. The molecule has 0 aliphatic carbocycles. The number of carbonyl (C=O) groups excluding carboxylic acids is 1. The molecule has 3 aromatic rings. The van der Waals surface area contributed by atoms with E-state index in [4.69, 9.17) is 0 Å². The molecular formula is C20H19F2N3O3. The van der Waals surface area contributed by atoms with E-state index in [0.717, 1.165) is 5.56 Å². The largest absolute Gasteiger partial charge is 0.435 e. The zero-order chi connectivity index (χ0) is 19.9. The number of hydrogen-bond acceptors (Lipinski definition) is 4. The van der Waals surface area contributed by atoms with Crippen molar-refractivity contribution in [2.75, 3.05) is 6.54 Å². The van der Waals surface area contributed by atoms with Gasteiger partial charge in [-0.15, -0.1) is 0 Å². The summed E-state index contributed by atoms with van der Waals surface area (Å²) >= 11 is 0. The molecule has 0 saturated carbocycles. The number of ether oxygens (including phenoxy) is 1. The lowest BCUT2D eigenvalue weighted by Crippen LogP contribution is -2.27. The monoisotopic (exact) mass is 387 g/mol. The molecule has 1 N–H and O–H groups in total. The SMILES string of the molecule is O=C(CCn1ncc(=O)c2ccccc21)NCCc1ccc(OC(F)F)cc1. The van der Waals surface area contributed by atoms with Crippen LogP contribution in [0.3, 0.4) is 0 Å². The van der Waals surface area contributed by atoms with Gasteiger partial charge in [0, 0.05) is 18.4 Å². The van der Waals surface area contributed by atoms with Crippen LogP contribution in [0.4, 0.5) is 8.78 Å². The number of nitrogens with zero attached hydrogens (tertiary/aromatic N) is 2. The third kappa shape index (κ3) is 5.12. The standard InChI is InChI=1S/C20H19F2N3O3/c21-20(22)28-15-7-5-14(6-8-15)9-11-23-19(27)10-12-25-17-4-2-1-3-16(17)18(26)13-24-25/h1-8,13,20H,9-12H2,(H,23,27). The van der Waals surface area contributed by atoms with Gasteiger partial charge < -0.3 is 10.1 Å². The molecule has 0 aliphatic rings. The zero-order valence-electron chi connectivity index (χ0n) is 15.0. The van der Waals surface area contributed by atoms with E-state index in [1.807, 2.05) is 6.07 Å². The second kappa shape index (κ2) is 9.07. The number of benzene rings is 2. The molecule has 0 fully saturated rings. The Bertz CT molecular complexity index is 1000. The first-order valence-corrected chi connectivity index (χ1v) is 8.78. The summed E-state index contributed by atoms with van der Waals surface area (Å²) in [5.41, 5.74) is 1.44. The highest BCUT2D eigenvalue weighted by Gasteiger charge is 2.07. The predicted molar refractivity (Wildman–Crippen MR) is 100 cm³/mol. The number of hydrogen-bond donors (Lipinski definition) is 1. The van der Waals surface area contributed by atoms with Crippen LogP contribution in [-0.4, -0.2) is 28.8 Å². The first-order chi connectivity index (χ1) is 13.5. The average molecular weight is 387 g/mol. The highest BCUT2D eigenvalue weighted by Crippen LogP contribution is 2.15. The summed E-state index contributed by atoms with van der Waals surface area (Å²) < 4.78 is 30.2. The summed E-state index contributed by atoms with van der Waals surface area (Å²) in [7, 11) is 0. The van der Waals surface area contributed by atoms with Gasteiger partial charge in [-0.2, -0.15) is 13.9 Å². The van der Waals surface area contributed by atoms with Gasteiger partial charge in [0.25, 0.3) is 0 Å². The van der Waals surface area contributed by atoms with Crippen molar-refractivity contribution in [3.63, 3.8) is 0 Å². The highest BCUT2D eigenvalue weighted by molar-refractivity contribution is 5.79. The van der Waals surface area contributed by atoms with E-state index in [0.29, 0.717) is 30.4 Å². The van der Waals surface area contributed by atoms with Gasteiger partial charge in [0.15, 0.2) is 0 Å². The summed E-state index contributed by atoms with van der Waals surface area (Å²) in [5, 5.41) is 7.48. The molecule has 146 valence electrons. The van der Waals surface area contributed by atoms with Crippen molar-refractivity contribution in [3.8, 4) is 5.75 Å². The minimum atomic E-state index is -2.85. The number of amides is 1. The van der Waals surface area contributed by atoms with E-state index >= 15 is 0 Å². The smallest absolute Gasteiger partial charge is 0.387 e. The summed E-state index contributed by atoms with van der Waals surface area (Å²) in [6, 6.07) is 13.4. The van der Waals surface area contributed by atoms with Gasteiger partial charge in [-0.1, -0.05) is 24.3 Å². The summed E-state index contributed by atoms with van der Waals surface area (Å²) in [5.74, 6) is -0.0362. The summed E-state index contributed by atoms with van der Waals surface area (Å²) in [4.78, 5) is 23.9. The molecule has 1 aromatic heterocycles. The topological polar surface area (TPSA) is 73.2 Å². The maximum absolute atomic E-state index is 12.1. The molecule has 0 spiro atoms. The number of rotatable bonds is 8. The van der Waals surface area contributed by atoms with Crippen molar-refractivity contribution in [2.45, 2.75) is 26.0 Å². The Morgan fingerprint density at radius 1 is 1.14 bits per heavy atom. The van der Waals surface area contributed by atoms with Crippen molar-refractivity contribution in [1.29, 1.82) is 0 Å². The number of halogens is 2.